The fraction of sp³-hybridized carbons (Fsp3) is 0.333. The van der Waals surface area contributed by atoms with Crippen molar-refractivity contribution in [1.29, 1.82) is 0 Å². The number of anilines is 1. The number of alkyl carbamates (subject to hydrolysis) is 1. The number of hydrogen-bond acceptors (Lipinski definition) is 4. The van der Waals surface area contributed by atoms with Crippen LogP contribution >= 0.6 is 0 Å². The molecule has 3 rings (SSSR count). The summed E-state index contributed by atoms with van der Waals surface area (Å²) < 4.78 is 5.30. The van der Waals surface area contributed by atoms with Gasteiger partial charge in [-0.2, -0.15) is 0 Å². The van der Waals surface area contributed by atoms with E-state index in [1.165, 1.54) is 5.56 Å². The molecule has 3 N–H and O–H groups in total. The molecule has 0 spiro atoms. The van der Waals surface area contributed by atoms with Crippen molar-refractivity contribution >= 4 is 28.5 Å². The van der Waals surface area contributed by atoms with Crippen molar-refractivity contribution in [3.05, 3.63) is 77.9 Å². The lowest BCUT2D eigenvalue weighted by Gasteiger charge is -2.23. The predicted octanol–water partition coefficient (Wildman–Crippen LogP) is 5.16. The Morgan fingerprint density at radius 3 is 2.24 bits per heavy atom. The molecule has 0 aromatic heterocycles. The molecular formula is C27H33N3O3. The third-order valence-corrected chi connectivity index (χ3v) is 5.20. The van der Waals surface area contributed by atoms with Crippen LogP contribution in [0.1, 0.15) is 38.3 Å². The van der Waals surface area contributed by atoms with Gasteiger partial charge in [-0.3, -0.25) is 4.79 Å². The van der Waals surface area contributed by atoms with Crippen LogP contribution in [-0.2, 0) is 16.1 Å². The maximum Gasteiger partial charge on any atom is 0.407 e. The predicted molar refractivity (Wildman–Crippen MR) is 133 cm³/mol. The average Bonchev–Trinajstić information content (AvgIpc) is 2.78. The van der Waals surface area contributed by atoms with Crippen molar-refractivity contribution in [2.24, 2.45) is 0 Å². The number of aryl methyl sites for hydroxylation is 1. The number of hydrogen-bond donors (Lipinski definition) is 3. The number of carbonyl (C=O) groups is 2. The molecule has 0 radical (unpaired) electrons. The molecule has 0 saturated heterocycles. The van der Waals surface area contributed by atoms with Gasteiger partial charge in [-0.1, -0.05) is 60.7 Å². The van der Waals surface area contributed by atoms with Crippen LogP contribution in [0.4, 0.5) is 10.5 Å². The molecule has 0 heterocycles. The Labute approximate surface area is 195 Å². The maximum absolute atomic E-state index is 13.1. The second-order valence-electron chi connectivity index (χ2n) is 9.09. The number of ether oxygens (including phenoxy) is 1. The number of rotatable bonds is 8. The van der Waals surface area contributed by atoms with Gasteiger partial charge in [0.15, 0.2) is 0 Å². The van der Waals surface area contributed by atoms with Gasteiger partial charge in [0.25, 0.3) is 0 Å². The second kappa shape index (κ2) is 10.9. The maximum atomic E-state index is 13.1. The zero-order chi connectivity index (χ0) is 23.8. The van der Waals surface area contributed by atoms with Gasteiger partial charge in [-0.05, 0) is 56.7 Å². The second-order valence-corrected chi connectivity index (χ2v) is 9.09. The van der Waals surface area contributed by atoms with Crippen molar-refractivity contribution < 1.29 is 14.3 Å². The molecule has 1 atom stereocenters. The molecule has 0 fully saturated rings. The van der Waals surface area contributed by atoms with Crippen LogP contribution in [0, 0.1) is 6.92 Å². The summed E-state index contributed by atoms with van der Waals surface area (Å²) in [5, 5.41) is 11.4. The van der Waals surface area contributed by atoms with Crippen molar-refractivity contribution in [2.75, 3.05) is 11.9 Å². The molecule has 3 aromatic carbocycles. The number of amides is 2. The molecule has 0 aliphatic heterocycles. The largest absolute Gasteiger partial charge is 0.444 e. The lowest BCUT2D eigenvalue weighted by molar-refractivity contribution is -0.122. The molecule has 2 amide bonds. The molecular weight excluding hydrogens is 414 g/mol. The fourth-order valence-electron chi connectivity index (χ4n) is 3.57. The topological polar surface area (TPSA) is 79.5 Å². The summed E-state index contributed by atoms with van der Waals surface area (Å²) in [5.41, 5.74) is 2.51. The summed E-state index contributed by atoms with van der Waals surface area (Å²) in [5.74, 6) is -0.130. The Hall–Kier alpha value is -3.54. The van der Waals surface area contributed by atoms with Crippen molar-refractivity contribution in [3.8, 4) is 0 Å². The summed E-state index contributed by atoms with van der Waals surface area (Å²) in [4.78, 5) is 25.1. The van der Waals surface area contributed by atoms with E-state index >= 15 is 0 Å². The lowest BCUT2D eigenvalue weighted by Crippen LogP contribution is -2.42. The van der Waals surface area contributed by atoms with E-state index in [1.54, 1.807) is 0 Å². The van der Waals surface area contributed by atoms with Gasteiger partial charge < -0.3 is 20.7 Å². The Morgan fingerprint density at radius 2 is 1.55 bits per heavy atom. The summed E-state index contributed by atoms with van der Waals surface area (Å²) in [6.07, 6.45) is -0.0889. The number of fused-ring (bicyclic) bond motifs is 1. The highest BCUT2D eigenvalue weighted by Gasteiger charge is 2.21. The first-order valence-electron chi connectivity index (χ1n) is 11.3. The molecule has 0 aliphatic carbocycles. The minimum Gasteiger partial charge on any atom is -0.444 e. The minimum atomic E-state index is -0.574. The van der Waals surface area contributed by atoms with Gasteiger partial charge in [-0.25, -0.2) is 4.79 Å². The Bertz CT molecular complexity index is 1090. The Morgan fingerprint density at radius 1 is 0.879 bits per heavy atom. The number of nitrogens with one attached hydrogen (secondary N) is 3. The van der Waals surface area contributed by atoms with Gasteiger partial charge >= 0.3 is 6.09 Å². The van der Waals surface area contributed by atoms with Crippen LogP contribution < -0.4 is 16.0 Å². The Kier molecular flexibility index (Phi) is 7.93. The summed E-state index contributed by atoms with van der Waals surface area (Å²) in [7, 11) is 0. The first-order chi connectivity index (χ1) is 15.7. The smallest absolute Gasteiger partial charge is 0.407 e. The highest BCUT2D eigenvalue weighted by atomic mass is 16.6. The summed E-state index contributed by atoms with van der Waals surface area (Å²) >= 11 is 0. The van der Waals surface area contributed by atoms with Crippen molar-refractivity contribution in [1.82, 2.24) is 10.6 Å². The average molecular weight is 448 g/mol. The zero-order valence-electron chi connectivity index (χ0n) is 19.8. The van der Waals surface area contributed by atoms with E-state index in [9.17, 15) is 9.59 Å². The van der Waals surface area contributed by atoms with E-state index in [-0.39, 0.29) is 5.91 Å². The fourth-order valence-corrected chi connectivity index (χ4v) is 3.57. The van der Waals surface area contributed by atoms with Crippen molar-refractivity contribution in [3.63, 3.8) is 0 Å². The minimum absolute atomic E-state index is 0.130. The molecule has 174 valence electrons. The molecule has 33 heavy (non-hydrogen) atoms. The quantitative estimate of drug-likeness (QED) is 0.446. The molecule has 6 nitrogen and oxygen atoms in total. The van der Waals surface area contributed by atoms with Gasteiger partial charge in [-0.15, -0.1) is 0 Å². The van der Waals surface area contributed by atoms with E-state index in [0.29, 0.717) is 19.5 Å². The van der Waals surface area contributed by atoms with Crippen LogP contribution in [0.15, 0.2) is 66.7 Å². The van der Waals surface area contributed by atoms with E-state index in [1.807, 2.05) is 81.4 Å². The molecule has 0 unspecified atom stereocenters. The molecule has 3 aromatic rings. The number of carbonyl (C=O) groups excluding carboxylic acids is 2. The van der Waals surface area contributed by atoms with Crippen LogP contribution in [0.25, 0.3) is 10.8 Å². The lowest BCUT2D eigenvalue weighted by atomic mass is 10.0. The first-order valence-corrected chi connectivity index (χ1v) is 11.3. The summed E-state index contributed by atoms with van der Waals surface area (Å²) in [6, 6.07) is 21.4. The van der Waals surface area contributed by atoms with Crippen LogP contribution in [0.5, 0.6) is 0 Å². The van der Waals surface area contributed by atoms with Crippen LogP contribution in [0.2, 0.25) is 0 Å². The highest BCUT2D eigenvalue weighted by Crippen LogP contribution is 2.27. The zero-order valence-corrected chi connectivity index (χ0v) is 19.8. The van der Waals surface area contributed by atoms with E-state index in [2.05, 4.69) is 28.9 Å². The van der Waals surface area contributed by atoms with Gasteiger partial charge in [0.1, 0.15) is 11.6 Å². The third-order valence-electron chi connectivity index (χ3n) is 5.20. The van der Waals surface area contributed by atoms with E-state index < -0.39 is 17.7 Å². The third kappa shape index (κ3) is 7.24. The van der Waals surface area contributed by atoms with Gasteiger partial charge in [0.05, 0.1) is 0 Å². The normalized spacial score (nSPS) is 12.1. The van der Waals surface area contributed by atoms with Crippen LogP contribution in [0.3, 0.4) is 0 Å². The first kappa shape index (κ1) is 24.1. The molecule has 0 saturated carbocycles. The van der Waals surface area contributed by atoms with E-state index in [4.69, 9.17) is 4.74 Å². The Balaban J connectivity index is 1.73. The van der Waals surface area contributed by atoms with Crippen LogP contribution in [-0.4, -0.2) is 30.2 Å². The van der Waals surface area contributed by atoms with E-state index in [0.717, 1.165) is 22.0 Å². The van der Waals surface area contributed by atoms with Gasteiger partial charge in [0.2, 0.25) is 5.91 Å². The summed E-state index contributed by atoms with van der Waals surface area (Å²) in [6.45, 7) is 8.26. The number of benzene rings is 3. The standard InChI is InChI=1S/C27H33N3O3/c1-19-14-15-23(22-13-9-8-12-21(19)22)30-24(16-17-28-26(32)33-27(2,3)4)25(31)29-18-20-10-6-5-7-11-20/h5-15,24,30H,16-18H2,1-4H3,(H,28,32)(H,29,31)/t24-/m0/s1. The molecule has 6 heteroatoms. The monoisotopic (exact) mass is 447 g/mol. The molecule has 0 aliphatic rings. The molecule has 0 bridgehead atoms. The highest BCUT2D eigenvalue weighted by molar-refractivity contribution is 5.97. The van der Waals surface area contributed by atoms with Gasteiger partial charge in [0, 0.05) is 24.2 Å². The van der Waals surface area contributed by atoms with Crippen molar-refractivity contribution in [2.45, 2.75) is 52.3 Å². The SMILES string of the molecule is Cc1ccc(N[C@@H](CCNC(=O)OC(C)(C)C)C(=O)NCc2ccccc2)c2ccccc12.